The fraction of sp³-hybridized carbons (Fsp3) is 0.481. The van der Waals surface area contributed by atoms with E-state index in [1.807, 2.05) is 50.2 Å². The topological polar surface area (TPSA) is 86.8 Å². The van der Waals surface area contributed by atoms with Crippen LogP contribution in [0.5, 0.6) is 0 Å². The number of aryl methyl sites for hydroxylation is 2. The molecule has 0 bridgehead atoms. The molecule has 35 heavy (non-hydrogen) atoms. The van der Waals surface area contributed by atoms with E-state index in [2.05, 4.69) is 5.32 Å². The molecule has 8 heteroatoms. The number of hydrogen-bond acceptors (Lipinski definition) is 4. The standard InChI is InChI=1S/C27H37N3O4S/c1-5-22-14-16-25(17-15-22)30(35(4,33)34)19-26(31)29(18-23-12-10-20(2)11-13-23)21(3)27(32)28-24-8-6-7-9-24/h10-17,21,24H,5-9,18-19H2,1-4H3,(H,28,32)/t21-/m0/s1. The lowest BCUT2D eigenvalue weighted by Gasteiger charge is -2.32. The number of nitrogens with one attached hydrogen (secondary N) is 1. The van der Waals surface area contributed by atoms with E-state index in [1.165, 1.54) is 4.90 Å². The van der Waals surface area contributed by atoms with E-state index in [-0.39, 0.29) is 25.0 Å². The number of benzene rings is 2. The van der Waals surface area contributed by atoms with Gasteiger partial charge in [0.05, 0.1) is 11.9 Å². The van der Waals surface area contributed by atoms with Crippen molar-refractivity contribution in [2.45, 2.75) is 71.5 Å². The first-order chi connectivity index (χ1) is 16.6. The highest BCUT2D eigenvalue weighted by Crippen LogP contribution is 2.21. The highest BCUT2D eigenvalue weighted by Gasteiger charge is 2.31. The second-order valence-electron chi connectivity index (χ2n) is 9.46. The predicted octanol–water partition coefficient (Wildman–Crippen LogP) is 3.80. The smallest absolute Gasteiger partial charge is 0.244 e. The summed E-state index contributed by atoms with van der Waals surface area (Å²) >= 11 is 0. The Morgan fingerprint density at radius 2 is 1.57 bits per heavy atom. The molecule has 0 spiro atoms. The van der Waals surface area contributed by atoms with Gasteiger partial charge in [0, 0.05) is 12.6 Å². The van der Waals surface area contributed by atoms with Gasteiger partial charge in [-0.1, -0.05) is 61.7 Å². The predicted molar refractivity (Wildman–Crippen MR) is 140 cm³/mol. The molecule has 1 N–H and O–H groups in total. The van der Waals surface area contributed by atoms with Crippen molar-refractivity contribution in [3.05, 3.63) is 65.2 Å². The Labute approximate surface area is 209 Å². The molecule has 3 rings (SSSR count). The van der Waals surface area contributed by atoms with E-state index in [0.717, 1.165) is 59.4 Å². The van der Waals surface area contributed by atoms with Gasteiger partial charge >= 0.3 is 0 Å². The van der Waals surface area contributed by atoms with Crippen molar-refractivity contribution in [3.8, 4) is 0 Å². The number of carbonyl (C=O) groups is 2. The molecule has 1 saturated carbocycles. The van der Waals surface area contributed by atoms with Gasteiger partial charge < -0.3 is 10.2 Å². The van der Waals surface area contributed by atoms with Gasteiger partial charge in [-0.3, -0.25) is 13.9 Å². The van der Waals surface area contributed by atoms with Crippen LogP contribution in [-0.4, -0.2) is 50.0 Å². The van der Waals surface area contributed by atoms with Crippen LogP contribution >= 0.6 is 0 Å². The summed E-state index contributed by atoms with van der Waals surface area (Å²) in [5, 5.41) is 3.07. The molecule has 190 valence electrons. The lowest BCUT2D eigenvalue weighted by atomic mass is 10.1. The first-order valence-corrected chi connectivity index (χ1v) is 14.2. The van der Waals surface area contributed by atoms with Gasteiger partial charge in [0.25, 0.3) is 0 Å². The third-order valence-electron chi connectivity index (χ3n) is 6.65. The summed E-state index contributed by atoms with van der Waals surface area (Å²) in [5.74, 6) is -0.639. The van der Waals surface area contributed by atoms with Crippen molar-refractivity contribution in [2.75, 3.05) is 17.1 Å². The number of sulfonamides is 1. The van der Waals surface area contributed by atoms with Crippen LogP contribution in [0.25, 0.3) is 0 Å². The Morgan fingerprint density at radius 3 is 2.11 bits per heavy atom. The molecule has 0 aromatic heterocycles. The van der Waals surface area contributed by atoms with E-state index in [0.29, 0.717) is 5.69 Å². The van der Waals surface area contributed by atoms with Crippen LogP contribution in [0, 0.1) is 6.92 Å². The molecule has 2 amide bonds. The van der Waals surface area contributed by atoms with Gasteiger partial charge in [-0.2, -0.15) is 0 Å². The van der Waals surface area contributed by atoms with Gasteiger partial charge in [0.15, 0.2) is 0 Å². The molecule has 1 aliphatic carbocycles. The van der Waals surface area contributed by atoms with Crippen molar-refractivity contribution >= 4 is 27.5 Å². The minimum Gasteiger partial charge on any atom is -0.352 e. The molecule has 0 aliphatic heterocycles. The van der Waals surface area contributed by atoms with E-state index in [4.69, 9.17) is 0 Å². The fourth-order valence-electron chi connectivity index (χ4n) is 4.38. The molecule has 2 aromatic carbocycles. The Morgan fingerprint density at radius 1 is 1.00 bits per heavy atom. The summed E-state index contributed by atoms with van der Waals surface area (Å²) in [5.41, 5.74) is 3.48. The van der Waals surface area contributed by atoms with Gasteiger partial charge in [-0.05, 0) is 56.4 Å². The minimum atomic E-state index is -3.72. The van der Waals surface area contributed by atoms with E-state index < -0.39 is 22.0 Å². The van der Waals surface area contributed by atoms with Crippen molar-refractivity contribution in [1.29, 1.82) is 0 Å². The molecule has 0 saturated heterocycles. The van der Waals surface area contributed by atoms with Gasteiger partial charge in [0.1, 0.15) is 12.6 Å². The molecule has 7 nitrogen and oxygen atoms in total. The summed E-state index contributed by atoms with van der Waals surface area (Å²) in [7, 11) is -3.72. The summed E-state index contributed by atoms with van der Waals surface area (Å²) in [6, 6.07) is 14.3. The van der Waals surface area contributed by atoms with E-state index in [9.17, 15) is 18.0 Å². The number of hydrogen-bond donors (Lipinski definition) is 1. The summed E-state index contributed by atoms with van der Waals surface area (Å²) < 4.78 is 26.4. The molecule has 0 unspecified atom stereocenters. The van der Waals surface area contributed by atoms with Crippen LogP contribution in [0.1, 0.15) is 56.2 Å². The summed E-state index contributed by atoms with van der Waals surface area (Å²) in [6.45, 7) is 5.55. The van der Waals surface area contributed by atoms with Crippen LogP contribution in [-0.2, 0) is 32.6 Å². The van der Waals surface area contributed by atoms with Gasteiger partial charge in [0.2, 0.25) is 21.8 Å². The number of anilines is 1. The van der Waals surface area contributed by atoms with Crippen molar-refractivity contribution in [2.24, 2.45) is 0 Å². The fourth-order valence-corrected chi connectivity index (χ4v) is 5.23. The van der Waals surface area contributed by atoms with Crippen LogP contribution in [0.2, 0.25) is 0 Å². The van der Waals surface area contributed by atoms with Crippen molar-refractivity contribution < 1.29 is 18.0 Å². The molecule has 0 heterocycles. The Balaban J connectivity index is 1.86. The monoisotopic (exact) mass is 499 g/mol. The second kappa shape index (κ2) is 11.7. The molecule has 2 aromatic rings. The third-order valence-corrected chi connectivity index (χ3v) is 7.79. The molecular weight excluding hydrogens is 462 g/mol. The summed E-state index contributed by atoms with van der Waals surface area (Å²) in [6.07, 6.45) is 5.99. The lowest BCUT2D eigenvalue weighted by Crippen LogP contribution is -2.52. The molecule has 1 fully saturated rings. The molecule has 1 aliphatic rings. The Kier molecular flexibility index (Phi) is 8.94. The highest BCUT2D eigenvalue weighted by atomic mass is 32.2. The van der Waals surface area contributed by atoms with Gasteiger partial charge in [-0.15, -0.1) is 0 Å². The molecular formula is C27H37N3O4S. The number of amides is 2. The van der Waals surface area contributed by atoms with Crippen LogP contribution in [0.15, 0.2) is 48.5 Å². The Bertz CT molecular complexity index is 1110. The zero-order valence-electron chi connectivity index (χ0n) is 21.2. The first kappa shape index (κ1) is 26.7. The van der Waals surface area contributed by atoms with Crippen molar-refractivity contribution in [1.82, 2.24) is 10.2 Å². The second-order valence-corrected chi connectivity index (χ2v) is 11.4. The van der Waals surface area contributed by atoms with E-state index >= 15 is 0 Å². The third kappa shape index (κ3) is 7.31. The first-order valence-electron chi connectivity index (χ1n) is 12.3. The number of rotatable bonds is 10. The normalized spacial score (nSPS) is 15.0. The zero-order valence-corrected chi connectivity index (χ0v) is 22.0. The maximum Gasteiger partial charge on any atom is 0.244 e. The number of nitrogens with zero attached hydrogens (tertiary/aromatic N) is 2. The maximum atomic E-state index is 13.6. The largest absolute Gasteiger partial charge is 0.352 e. The maximum absolute atomic E-state index is 13.6. The van der Waals surface area contributed by atoms with Crippen LogP contribution < -0.4 is 9.62 Å². The summed E-state index contributed by atoms with van der Waals surface area (Å²) in [4.78, 5) is 28.1. The van der Waals surface area contributed by atoms with Gasteiger partial charge in [-0.25, -0.2) is 8.42 Å². The number of carbonyl (C=O) groups excluding carboxylic acids is 2. The molecule has 1 atom stereocenters. The van der Waals surface area contributed by atoms with E-state index in [1.54, 1.807) is 19.1 Å². The minimum absolute atomic E-state index is 0.130. The quantitative estimate of drug-likeness (QED) is 0.539. The Hall–Kier alpha value is -2.87. The average molecular weight is 500 g/mol. The zero-order chi connectivity index (χ0) is 25.6. The SMILES string of the molecule is CCc1ccc(N(CC(=O)N(Cc2ccc(C)cc2)[C@@H](C)C(=O)NC2CCCC2)S(C)(=O)=O)cc1. The molecule has 0 radical (unpaired) electrons. The lowest BCUT2D eigenvalue weighted by molar-refractivity contribution is -0.139. The van der Waals surface area contributed by atoms with Crippen LogP contribution in [0.3, 0.4) is 0 Å². The van der Waals surface area contributed by atoms with Crippen molar-refractivity contribution in [3.63, 3.8) is 0 Å². The average Bonchev–Trinajstić information content (AvgIpc) is 3.34. The highest BCUT2D eigenvalue weighted by molar-refractivity contribution is 7.92. The van der Waals surface area contributed by atoms with Crippen LogP contribution in [0.4, 0.5) is 5.69 Å².